The summed E-state index contributed by atoms with van der Waals surface area (Å²) in [6.07, 6.45) is 1.54. The van der Waals surface area contributed by atoms with Crippen LogP contribution in [0.1, 0.15) is 12.5 Å². The normalized spacial score (nSPS) is 11.0. The lowest BCUT2D eigenvalue weighted by Gasteiger charge is -2.08. The van der Waals surface area contributed by atoms with Gasteiger partial charge in [-0.25, -0.2) is 5.43 Å². The molecular weight excluding hydrogens is 482 g/mol. The Morgan fingerprint density at radius 1 is 1.19 bits per heavy atom. The summed E-state index contributed by atoms with van der Waals surface area (Å²) in [5.74, 6) is 2.10. The van der Waals surface area contributed by atoms with Gasteiger partial charge in [-0.2, -0.15) is 5.10 Å². The molecule has 0 aliphatic heterocycles. The molecule has 1 aromatic heterocycles. The zero-order valence-electron chi connectivity index (χ0n) is 17.3. The van der Waals surface area contributed by atoms with Gasteiger partial charge in [-0.1, -0.05) is 27.7 Å². The highest BCUT2D eigenvalue weighted by atomic mass is 79.9. The van der Waals surface area contributed by atoms with Crippen molar-refractivity contribution < 1.29 is 14.3 Å². The Labute approximate surface area is 193 Å². The van der Waals surface area contributed by atoms with Crippen molar-refractivity contribution in [3.05, 3.63) is 52.5 Å². The Bertz CT molecular complexity index is 1070. The van der Waals surface area contributed by atoms with Gasteiger partial charge in [0, 0.05) is 22.1 Å². The first kappa shape index (κ1) is 22.8. The summed E-state index contributed by atoms with van der Waals surface area (Å²) < 4.78 is 13.3. The number of thioether (sulfide) groups is 1. The topological polar surface area (TPSA) is 90.6 Å². The van der Waals surface area contributed by atoms with Crippen LogP contribution in [0.5, 0.6) is 11.5 Å². The fourth-order valence-electron chi connectivity index (χ4n) is 2.78. The van der Waals surface area contributed by atoms with Crippen molar-refractivity contribution in [3.8, 4) is 22.9 Å². The van der Waals surface area contributed by atoms with Gasteiger partial charge in [0.05, 0.1) is 26.2 Å². The lowest BCUT2D eigenvalue weighted by Crippen LogP contribution is -2.20. The summed E-state index contributed by atoms with van der Waals surface area (Å²) >= 11 is 4.71. The summed E-state index contributed by atoms with van der Waals surface area (Å²) in [6, 6.07) is 13.2. The second-order valence-electron chi connectivity index (χ2n) is 6.25. The first-order valence-corrected chi connectivity index (χ1v) is 11.2. The van der Waals surface area contributed by atoms with Gasteiger partial charge in [-0.3, -0.25) is 4.79 Å². The molecule has 1 N–H and O–H groups in total. The van der Waals surface area contributed by atoms with Crippen molar-refractivity contribution in [2.24, 2.45) is 5.10 Å². The molecule has 0 saturated heterocycles. The Morgan fingerprint density at radius 3 is 2.65 bits per heavy atom. The van der Waals surface area contributed by atoms with E-state index in [4.69, 9.17) is 9.47 Å². The summed E-state index contributed by atoms with van der Waals surface area (Å²) in [5, 5.41) is 13.2. The summed E-state index contributed by atoms with van der Waals surface area (Å²) in [5.41, 5.74) is 4.21. The number of carbonyl (C=O) groups excluding carboxylic acids is 1. The lowest BCUT2D eigenvalue weighted by atomic mass is 10.2. The molecule has 1 amide bonds. The van der Waals surface area contributed by atoms with Crippen molar-refractivity contribution in [1.29, 1.82) is 0 Å². The van der Waals surface area contributed by atoms with Crippen LogP contribution in [0.4, 0.5) is 0 Å². The van der Waals surface area contributed by atoms with Crippen LogP contribution in [0.3, 0.4) is 0 Å². The second kappa shape index (κ2) is 11.0. The quantitative estimate of drug-likeness (QED) is 0.269. The monoisotopic (exact) mass is 503 g/mol. The van der Waals surface area contributed by atoms with E-state index in [0.717, 1.165) is 27.2 Å². The number of rotatable bonds is 9. The number of ether oxygens (including phenoxy) is 2. The SMILES string of the molecule is CCn1c(SCC(=O)N/N=C/c2cc(Br)ccc2OC)nnc1-c1ccc(OC)cc1. The molecule has 0 saturated carbocycles. The first-order chi connectivity index (χ1) is 15.0. The van der Waals surface area contributed by atoms with Gasteiger partial charge in [0.25, 0.3) is 5.91 Å². The number of carbonyl (C=O) groups is 1. The predicted molar refractivity (Wildman–Crippen MR) is 125 cm³/mol. The van der Waals surface area contributed by atoms with E-state index in [-0.39, 0.29) is 11.7 Å². The number of nitrogens with one attached hydrogen (secondary N) is 1. The molecule has 0 bridgehead atoms. The van der Waals surface area contributed by atoms with Crippen LogP contribution in [0, 0.1) is 0 Å². The zero-order valence-corrected chi connectivity index (χ0v) is 19.7. The van der Waals surface area contributed by atoms with Crippen molar-refractivity contribution in [2.75, 3.05) is 20.0 Å². The van der Waals surface area contributed by atoms with Crippen LogP contribution in [0.25, 0.3) is 11.4 Å². The second-order valence-corrected chi connectivity index (χ2v) is 8.11. The molecule has 3 aromatic rings. The molecule has 2 aromatic carbocycles. The molecule has 0 fully saturated rings. The van der Waals surface area contributed by atoms with Crippen molar-refractivity contribution in [2.45, 2.75) is 18.6 Å². The molecule has 8 nitrogen and oxygen atoms in total. The third-order valence-corrected chi connectivity index (χ3v) is 5.76. The number of nitrogens with zero attached hydrogens (tertiary/aromatic N) is 4. The average molecular weight is 504 g/mol. The van der Waals surface area contributed by atoms with E-state index in [1.807, 2.05) is 54.0 Å². The molecule has 0 aliphatic carbocycles. The molecule has 1 heterocycles. The highest BCUT2D eigenvalue weighted by molar-refractivity contribution is 9.10. The van der Waals surface area contributed by atoms with E-state index >= 15 is 0 Å². The number of amides is 1. The van der Waals surface area contributed by atoms with Gasteiger partial charge < -0.3 is 14.0 Å². The van der Waals surface area contributed by atoms with E-state index < -0.39 is 0 Å². The van der Waals surface area contributed by atoms with Crippen LogP contribution >= 0.6 is 27.7 Å². The van der Waals surface area contributed by atoms with Gasteiger partial charge >= 0.3 is 0 Å². The van der Waals surface area contributed by atoms with Gasteiger partial charge in [0.15, 0.2) is 11.0 Å². The fraction of sp³-hybridized carbons (Fsp3) is 0.238. The van der Waals surface area contributed by atoms with Crippen molar-refractivity contribution in [1.82, 2.24) is 20.2 Å². The molecule has 0 aliphatic rings. The number of hydrogen-bond donors (Lipinski definition) is 1. The highest BCUT2D eigenvalue weighted by Gasteiger charge is 2.14. The number of hydrazone groups is 1. The largest absolute Gasteiger partial charge is 0.497 e. The Hall–Kier alpha value is -2.85. The minimum absolute atomic E-state index is 0.160. The highest BCUT2D eigenvalue weighted by Crippen LogP contribution is 2.25. The summed E-state index contributed by atoms with van der Waals surface area (Å²) in [4.78, 5) is 12.2. The molecular formula is C21H22BrN5O3S. The number of benzene rings is 2. The van der Waals surface area contributed by atoms with Crippen LogP contribution in [0.2, 0.25) is 0 Å². The molecule has 31 heavy (non-hydrogen) atoms. The zero-order chi connectivity index (χ0) is 22.2. The first-order valence-electron chi connectivity index (χ1n) is 9.41. The predicted octanol–water partition coefficient (Wildman–Crippen LogP) is 3.99. The Morgan fingerprint density at radius 2 is 1.97 bits per heavy atom. The van der Waals surface area contributed by atoms with Crippen LogP contribution in [0.15, 0.2) is 57.2 Å². The molecule has 0 spiro atoms. The van der Waals surface area contributed by atoms with Gasteiger partial charge in [0.2, 0.25) is 0 Å². The fourth-order valence-corrected chi connectivity index (χ4v) is 3.95. The van der Waals surface area contributed by atoms with Gasteiger partial charge in [-0.05, 0) is 49.4 Å². The van der Waals surface area contributed by atoms with Crippen LogP contribution in [-0.4, -0.2) is 46.9 Å². The molecule has 3 rings (SSSR count). The van der Waals surface area contributed by atoms with Gasteiger partial charge in [0.1, 0.15) is 11.5 Å². The summed E-state index contributed by atoms with van der Waals surface area (Å²) in [7, 11) is 3.21. The van der Waals surface area contributed by atoms with E-state index in [1.165, 1.54) is 11.8 Å². The molecule has 0 radical (unpaired) electrons. The maximum atomic E-state index is 12.2. The number of halogens is 1. The maximum Gasteiger partial charge on any atom is 0.250 e. The van der Waals surface area contributed by atoms with Crippen molar-refractivity contribution >= 4 is 39.8 Å². The third-order valence-electron chi connectivity index (χ3n) is 4.30. The summed E-state index contributed by atoms with van der Waals surface area (Å²) in [6.45, 7) is 2.69. The smallest absolute Gasteiger partial charge is 0.250 e. The van der Waals surface area contributed by atoms with E-state index in [0.29, 0.717) is 17.5 Å². The lowest BCUT2D eigenvalue weighted by molar-refractivity contribution is -0.118. The van der Waals surface area contributed by atoms with Gasteiger partial charge in [-0.15, -0.1) is 10.2 Å². The van der Waals surface area contributed by atoms with E-state index in [1.54, 1.807) is 20.4 Å². The molecule has 0 unspecified atom stereocenters. The van der Waals surface area contributed by atoms with E-state index in [2.05, 4.69) is 36.7 Å². The molecule has 10 heteroatoms. The number of aromatic nitrogens is 3. The average Bonchev–Trinajstić information content (AvgIpc) is 3.21. The third kappa shape index (κ3) is 5.86. The number of hydrogen-bond acceptors (Lipinski definition) is 7. The molecule has 0 atom stereocenters. The maximum absolute atomic E-state index is 12.2. The Balaban J connectivity index is 1.61. The standard InChI is InChI=1S/C21H22BrN5O3S/c1-4-27-20(14-5-8-17(29-2)9-6-14)25-26-21(27)31-13-19(28)24-23-12-15-11-16(22)7-10-18(15)30-3/h5-12H,4,13H2,1-3H3,(H,24,28)/b23-12+. The van der Waals surface area contributed by atoms with Crippen LogP contribution in [-0.2, 0) is 11.3 Å². The molecule has 162 valence electrons. The minimum Gasteiger partial charge on any atom is -0.497 e. The van der Waals surface area contributed by atoms with Crippen molar-refractivity contribution in [3.63, 3.8) is 0 Å². The van der Waals surface area contributed by atoms with Crippen LogP contribution < -0.4 is 14.9 Å². The number of methoxy groups -OCH3 is 2. The van der Waals surface area contributed by atoms with E-state index in [9.17, 15) is 4.79 Å². The minimum atomic E-state index is -0.244. The Kier molecular flexibility index (Phi) is 8.07.